The van der Waals surface area contributed by atoms with Crippen molar-refractivity contribution in [2.24, 2.45) is 10.9 Å². The molecule has 1 fully saturated rings. The van der Waals surface area contributed by atoms with Gasteiger partial charge in [-0.25, -0.2) is 9.98 Å². The molecule has 0 spiro atoms. The molecule has 1 aromatic heterocycles. The Morgan fingerprint density at radius 2 is 1.77 bits per heavy atom. The van der Waals surface area contributed by atoms with Crippen LogP contribution in [0.3, 0.4) is 0 Å². The number of benzene rings is 2. The van der Waals surface area contributed by atoms with E-state index in [1.165, 1.54) is 0 Å². The summed E-state index contributed by atoms with van der Waals surface area (Å²) < 4.78 is 16.3. The van der Waals surface area contributed by atoms with Crippen LogP contribution in [0.2, 0.25) is 5.02 Å². The molecule has 0 bridgehead atoms. The van der Waals surface area contributed by atoms with Gasteiger partial charge in [0.15, 0.2) is 11.5 Å². The number of hydrogen-bond acceptors (Lipinski definition) is 9. The van der Waals surface area contributed by atoms with Crippen LogP contribution < -0.4 is 24.8 Å². The van der Waals surface area contributed by atoms with Crippen molar-refractivity contribution in [1.82, 2.24) is 14.9 Å². The number of nitrogens with two attached hydrogens (primary N) is 1. The number of amides is 1. The Bertz CT molecular complexity index is 1430. The summed E-state index contributed by atoms with van der Waals surface area (Å²) in [5, 5.41) is 0.522. The minimum atomic E-state index is -0.209. The lowest BCUT2D eigenvalue weighted by Crippen LogP contribution is -2.44. The molecule has 2 aromatic carbocycles. The fourth-order valence-electron chi connectivity index (χ4n) is 5.10. The van der Waals surface area contributed by atoms with Crippen LogP contribution in [0.4, 0.5) is 17.5 Å². The third-order valence-corrected chi connectivity index (χ3v) is 7.62. The quantitative estimate of drug-likeness (QED) is 0.425. The van der Waals surface area contributed by atoms with Crippen molar-refractivity contribution in [3.8, 4) is 17.2 Å². The van der Waals surface area contributed by atoms with Crippen LogP contribution in [-0.2, 0) is 11.2 Å². The molecule has 0 saturated carbocycles. The molecule has 2 aliphatic heterocycles. The number of halogens is 1. The van der Waals surface area contributed by atoms with Crippen LogP contribution in [0.1, 0.15) is 36.5 Å². The summed E-state index contributed by atoms with van der Waals surface area (Å²) in [6, 6.07) is 9.11. The fraction of sp³-hybridized carbons (Fsp3) is 0.379. The highest BCUT2D eigenvalue weighted by atomic mass is 35.5. The van der Waals surface area contributed by atoms with Gasteiger partial charge in [0.25, 0.3) is 11.9 Å². The highest BCUT2D eigenvalue weighted by molar-refractivity contribution is 6.55. The number of carbonyl (C=O) groups excluding carboxylic acids is 1. The van der Waals surface area contributed by atoms with Gasteiger partial charge < -0.3 is 19.9 Å². The Balaban J connectivity index is 1.41. The number of methoxy groups -OCH3 is 3. The van der Waals surface area contributed by atoms with Crippen molar-refractivity contribution < 1.29 is 19.0 Å². The summed E-state index contributed by atoms with van der Waals surface area (Å²) in [5.41, 5.74) is 9.58. The average molecular weight is 565 g/mol. The van der Waals surface area contributed by atoms with Crippen LogP contribution in [0.15, 0.2) is 41.5 Å². The molecule has 40 heavy (non-hydrogen) atoms. The number of carbonyl (C=O) groups is 1. The molecule has 5 rings (SSSR count). The number of rotatable bonds is 8. The normalized spacial score (nSPS) is 16.9. The van der Waals surface area contributed by atoms with E-state index in [0.717, 1.165) is 37.2 Å². The van der Waals surface area contributed by atoms with Crippen LogP contribution in [-0.4, -0.2) is 67.6 Å². The average Bonchev–Trinajstić information content (AvgIpc) is 3.20. The maximum Gasteiger partial charge on any atom is 0.278 e. The highest BCUT2D eigenvalue weighted by Crippen LogP contribution is 2.39. The topological polar surface area (TPSA) is 115 Å². The monoisotopic (exact) mass is 564 g/mol. The molecule has 1 saturated heterocycles. The first-order valence-corrected chi connectivity index (χ1v) is 13.5. The Morgan fingerprint density at radius 3 is 2.40 bits per heavy atom. The van der Waals surface area contributed by atoms with Crippen molar-refractivity contribution in [3.05, 3.63) is 58.2 Å². The Labute approximate surface area is 238 Å². The van der Waals surface area contributed by atoms with Crippen LogP contribution in [0.25, 0.3) is 0 Å². The third-order valence-electron chi connectivity index (χ3n) is 7.39. The van der Waals surface area contributed by atoms with E-state index >= 15 is 0 Å². The molecule has 1 amide bonds. The molecule has 0 aliphatic carbocycles. The minimum absolute atomic E-state index is 0.106. The van der Waals surface area contributed by atoms with E-state index in [9.17, 15) is 4.79 Å². The third kappa shape index (κ3) is 5.55. The molecule has 10 nitrogen and oxygen atoms in total. The maximum absolute atomic E-state index is 13.6. The first-order chi connectivity index (χ1) is 19.3. The van der Waals surface area contributed by atoms with E-state index < -0.39 is 0 Å². The lowest BCUT2D eigenvalue weighted by Gasteiger charge is -2.33. The zero-order valence-corrected chi connectivity index (χ0v) is 23.9. The molecule has 3 heterocycles. The van der Waals surface area contributed by atoms with Gasteiger partial charge in [-0.15, -0.1) is 0 Å². The number of anilines is 2. The van der Waals surface area contributed by atoms with Gasteiger partial charge in [-0.3, -0.25) is 14.6 Å². The summed E-state index contributed by atoms with van der Waals surface area (Å²) >= 11 is 6.31. The molecule has 2 N–H and O–H groups in total. The summed E-state index contributed by atoms with van der Waals surface area (Å²) in [4.78, 5) is 31.0. The van der Waals surface area contributed by atoms with Crippen LogP contribution in [0.5, 0.6) is 17.2 Å². The summed E-state index contributed by atoms with van der Waals surface area (Å²) in [6.45, 7) is 4.67. The lowest BCUT2D eigenvalue weighted by atomic mass is 10.00. The number of fused-ring (bicyclic) bond motifs is 1. The van der Waals surface area contributed by atoms with E-state index in [-0.39, 0.29) is 23.4 Å². The zero-order valence-electron chi connectivity index (χ0n) is 23.1. The predicted octanol–water partition coefficient (Wildman–Crippen LogP) is 4.49. The summed E-state index contributed by atoms with van der Waals surface area (Å²) in [5.74, 6) is 2.45. The molecule has 0 radical (unpaired) electrons. The number of nitrogen functional groups attached to an aromatic ring is 1. The molecule has 2 aliphatic rings. The van der Waals surface area contributed by atoms with E-state index in [1.807, 2.05) is 18.2 Å². The van der Waals surface area contributed by atoms with E-state index in [4.69, 9.17) is 31.5 Å². The summed E-state index contributed by atoms with van der Waals surface area (Å²) in [7, 11) is 4.69. The van der Waals surface area contributed by atoms with Crippen LogP contribution >= 0.6 is 11.6 Å². The molecule has 210 valence electrons. The maximum atomic E-state index is 13.6. The second-order valence-electron chi connectivity index (χ2n) is 10.1. The fourth-order valence-corrected chi connectivity index (χ4v) is 5.27. The van der Waals surface area contributed by atoms with Gasteiger partial charge in [0.1, 0.15) is 11.5 Å². The van der Waals surface area contributed by atoms with Crippen molar-refractivity contribution in [2.75, 3.05) is 51.7 Å². The number of piperidine rings is 1. The number of ether oxygens (including phenoxy) is 3. The van der Waals surface area contributed by atoms with Gasteiger partial charge in [-0.05, 0) is 54.7 Å². The first kappa shape index (κ1) is 27.7. The van der Waals surface area contributed by atoms with Gasteiger partial charge in [-0.1, -0.05) is 18.5 Å². The largest absolute Gasteiger partial charge is 0.493 e. The van der Waals surface area contributed by atoms with Gasteiger partial charge in [0.2, 0.25) is 5.75 Å². The van der Waals surface area contributed by atoms with Gasteiger partial charge >= 0.3 is 0 Å². The number of hydrogen-bond donors (Lipinski definition) is 1. The SMILES string of the molecule is COc1cc(Cc2cnc(/N=C3\C(=O)N(CN4CCC(C)CC4)c4ccc(Cl)cc43)nc2N)cc(OC)c1OC. The highest BCUT2D eigenvalue weighted by Gasteiger charge is 2.36. The predicted molar refractivity (Wildman–Crippen MR) is 155 cm³/mol. The van der Waals surface area contributed by atoms with Crippen molar-refractivity contribution in [1.29, 1.82) is 0 Å². The zero-order chi connectivity index (χ0) is 28.4. The van der Waals surface area contributed by atoms with E-state index in [0.29, 0.717) is 52.4 Å². The van der Waals surface area contributed by atoms with Gasteiger partial charge in [0, 0.05) is 41.9 Å². The lowest BCUT2D eigenvalue weighted by molar-refractivity contribution is -0.112. The number of nitrogens with zero attached hydrogens (tertiary/aromatic N) is 5. The smallest absolute Gasteiger partial charge is 0.278 e. The molecule has 3 aromatic rings. The number of likely N-dealkylation sites (tertiary alicyclic amines) is 1. The molecule has 0 atom stereocenters. The minimum Gasteiger partial charge on any atom is -0.493 e. The molecule has 11 heteroatoms. The standard InChI is InChI=1S/C29H33ClN6O4/c1-17-7-9-35(10-8-17)16-36-22-6-5-20(30)14-21(22)25(28(36)37)33-29-32-15-19(27(31)34-29)11-18-12-23(38-2)26(40-4)24(13-18)39-3/h5-6,12-15,17H,7-11,16H2,1-4H3,(H2,31,32,34)/b33-25-. The van der Waals surface area contributed by atoms with E-state index in [1.54, 1.807) is 44.6 Å². The summed E-state index contributed by atoms with van der Waals surface area (Å²) in [6.07, 6.45) is 4.28. The first-order valence-electron chi connectivity index (χ1n) is 13.1. The molecular formula is C29H33ClN6O4. The van der Waals surface area contributed by atoms with Crippen molar-refractivity contribution in [2.45, 2.75) is 26.2 Å². The molecule has 0 unspecified atom stereocenters. The van der Waals surface area contributed by atoms with E-state index in [2.05, 4.69) is 26.8 Å². The number of aliphatic imine (C=N–C) groups is 1. The Morgan fingerprint density at radius 1 is 1.07 bits per heavy atom. The van der Waals surface area contributed by atoms with Gasteiger partial charge in [-0.2, -0.15) is 4.98 Å². The van der Waals surface area contributed by atoms with Gasteiger partial charge in [0.05, 0.1) is 33.7 Å². The Kier molecular flexibility index (Phi) is 8.09. The van der Waals surface area contributed by atoms with Crippen LogP contribution in [0, 0.1) is 5.92 Å². The number of aromatic nitrogens is 2. The second-order valence-corrected chi connectivity index (χ2v) is 10.5. The molecular weight excluding hydrogens is 532 g/mol. The Hall–Kier alpha value is -3.89. The second kappa shape index (κ2) is 11.7. The van der Waals surface area contributed by atoms with Crippen molar-refractivity contribution in [3.63, 3.8) is 0 Å². The van der Waals surface area contributed by atoms with Crippen molar-refractivity contribution >= 4 is 40.7 Å².